The molecule has 0 atom stereocenters. The number of ether oxygens (including phenoxy) is 1. The van der Waals surface area contributed by atoms with E-state index in [0.29, 0.717) is 17.1 Å². The van der Waals surface area contributed by atoms with Crippen LogP contribution in [0.2, 0.25) is 0 Å². The number of hydrogen-bond donors (Lipinski definition) is 2. The van der Waals surface area contributed by atoms with E-state index in [1.165, 1.54) is 14.2 Å². The number of carbonyl (C=O) groups is 1. The van der Waals surface area contributed by atoms with Crippen molar-refractivity contribution in [3.05, 3.63) is 23.9 Å². The van der Waals surface area contributed by atoms with Crippen molar-refractivity contribution in [3.8, 4) is 5.75 Å². The van der Waals surface area contributed by atoms with E-state index in [9.17, 15) is 4.79 Å². The molecule has 0 radical (unpaired) electrons. The molecule has 1 aromatic heterocycles. The maximum absolute atomic E-state index is 12.0. The highest BCUT2D eigenvalue weighted by Gasteiger charge is 2.19. The Hall–Kier alpha value is -2.21. The minimum Gasteiger partial charge on any atom is -0.497 e. The van der Waals surface area contributed by atoms with Gasteiger partial charge in [-0.2, -0.15) is 0 Å². The van der Waals surface area contributed by atoms with Crippen molar-refractivity contribution in [2.45, 2.75) is 0 Å². The summed E-state index contributed by atoms with van der Waals surface area (Å²) < 4.78 is 5.13. The predicted octanol–water partition coefficient (Wildman–Crippen LogP) is 1.39. The molecule has 18 heavy (non-hydrogen) atoms. The number of hydroxylamine groups is 2. The highest BCUT2D eigenvalue weighted by molar-refractivity contribution is 6.07. The van der Waals surface area contributed by atoms with Crippen LogP contribution in [0.5, 0.6) is 5.75 Å². The molecule has 0 aliphatic rings. The lowest BCUT2D eigenvalue weighted by Gasteiger charge is -2.12. The third-order valence-corrected chi connectivity index (χ3v) is 2.82. The number of aromatic amines is 1. The highest BCUT2D eigenvalue weighted by Crippen LogP contribution is 2.29. The first kappa shape index (κ1) is 12.3. The van der Waals surface area contributed by atoms with Crippen molar-refractivity contribution in [2.24, 2.45) is 0 Å². The fraction of sp³-hybridized carbons (Fsp3) is 0.250. The van der Waals surface area contributed by atoms with Gasteiger partial charge in [0.15, 0.2) is 0 Å². The Balaban J connectivity index is 2.54. The molecule has 0 bridgehead atoms. The largest absolute Gasteiger partial charge is 0.497 e. The third-order valence-electron chi connectivity index (χ3n) is 2.82. The van der Waals surface area contributed by atoms with E-state index in [1.54, 1.807) is 19.2 Å². The third kappa shape index (κ3) is 1.86. The van der Waals surface area contributed by atoms with Crippen LogP contribution < -0.4 is 10.5 Å². The molecule has 0 unspecified atom stereocenters. The van der Waals surface area contributed by atoms with Crippen LogP contribution in [0.3, 0.4) is 0 Å². The molecule has 2 rings (SSSR count). The Bertz CT molecular complexity index is 592. The van der Waals surface area contributed by atoms with E-state index in [2.05, 4.69) is 4.98 Å². The van der Waals surface area contributed by atoms with E-state index >= 15 is 0 Å². The van der Waals surface area contributed by atoms with Crippen molar-refractivity contribution >= 4 is 22.5 Å². The number of carbonyl (C=O) groups excluding carboxylic acids is 1. The smallest absolute Gasteiger partial charge is 0.295 e. The minimum atomic E-state index is -0.329. The van der Waals surface area contributed by atoms with Crippen molar-refractivity contribution in [1.29, 1.82) is 0 Å². The van der Waals surface area contributed by atoms with Crippen LogP contribution in [0.15, 0.2) is 18.2 Å². The average molecular weight is 249 g/mol. The summed E-state index contributed by atoms with van der Waals surface area (Å²) in [6, 6.07) is 5.39. The predicted molar refractivity (Wildman–Crippen MR) is 68.4 cm³/mol. The van der Waals surface area contributed by atoms with Crippen molar-refractivity contribution < 1.29 is 14.4 Å². The maximum Gasteiger partial charge on any atom is 0.295 e. The van der Waals surface area contributed by atoms with Crippen LogP contribution in [0.25, 0.3) is 10.9 Å². The zero-order valence-electron chi connectivity index (χ0n) is 10.5. The van der Waals surface area contributed by atoms with Crippen molar-refractivity contribution in [3.63, 3.8) is 0 Å². The van der Waals surface area contributed by atoms with E-state index in [-0.39, 0.29) is 5.91 Å². The number of fused-ring (bicyclic) bond motifs is 1. The van der Waals surface area contributed by atoms with Gasteiger partial charge in [-0.25, -0.2) is 5.06 Å². The molecule has 0 aliphatic carbocycles. The molecular formula is C12H15N3O3. The fourth-order valence-electron chi connectivity index (χ4n) is 1.73. The topological polar surface area (TPSA) is 80.6 Å². The first-order valence-electron chi connectivity index (χ1n) is 5.35. The summed E-state index contributed by atoms with van der Waals surface area (Å²) in [4.78, 5) is 19.8. The molecular weight excluding hydrogens is 234 g/mol. The zero-order chi connectivity index (χ0) is 13.3. The summed E-state index contributed by atoms with van der Waals surface area (Å²) in [6.07, 6.45) is 0. The van der Waals surface area contributed by atoms with Crippen molar-refractivity contribution in [2.75, 3.05) is 27.0 Å². The lowest BCUT2D eigenvalue weighted by molar-refractivity contribution is -0.0759. The minimum absolute atomic E-state index is 0.308. The summed E-state index contributed by atoms with van der Waals surface area (Å²) in [5.41, 5.74) is 7.44. The molecule has 3 N–H and O–H groups in total. The van der Waals surface area contributed by atoms with Gasteiger partial charge in [-0.05, 0) is 18.2 Å². The van der Waals surface area contributed by atoms with Crippen molar-refractivity contribution in [1.82, 2.24) is 10.0 Å². The lowest BCUT2D eigenvalue weighted by atomic mass is 10.2. The Morgan fingerprint density at radius 3 is 2.72 bits per heavy atom. The number of H-pyrrole nitrogens is 1. The summed E-state index contributed by atoms with van der Waals surface area (Å²) in [5, 5.41) is 1.86. The number of nitrogens with one attached hydrogen (secondary N) is 1. The summed E-state index contributed by atoms with van der Waals surface area (Å²) in [6.45, 7) is 0. The molecule has 1 aromatic carbocycles. The first-order valence-corrected chi connectivity index (χ1v) is 5.35. The van der Waals surface area contributed by atoms with Crippen LogP contribution >= 0.6 is 0 Å². The Kier molecular flexibility index (Phi) is 3.12. The molecule has 1 amide bonds. The highest BCUT2D eigenvalue weighted by atomic mass is 16.7. The van der Waals surface area contributed by atoms with E-state index < -0.39 is 0 Å². The van der Waals surface area contributed by atoms with Gasteiger partial charge in [-0.15, -0.1) is 0 Å². The second-order valence-corrected chi connectivity index (χ2v) is 3.81. The Labute approximate surface area is 104 Å². The first-order chi connectivity index (χ1) is 8.58. The standard InChI is InChI=1S/C12H15N3O3/c1-15(18-3)12(16)11-10(13)8-6-7(17-2)4-5-9(8)14-11/h4-6,14H,13H2,1-3H3. The fourth-order valence-corrected chi connectivity index (χ4v) is 1.73. The van der Waals surface area contributed by atoms with Gasteiger partial charge in [0.2, 0.25) is 0 Å². The van der Waals surface area contributed by atoms with Gasteiger partial charge in [-0.3, -0.25) is 9.63 Å². The number of amides is 1. The second-order valence-electron chi connectivity index (χ2n) is 3.81. The van der Waals surface area contributed by atoms with E-state index in [1.807, 2.05) is 6.07 Å². The van der Waals surface area contributed by atoms with Gasteiger partial charge in [-0.1, -0.05) is 0 Å². The number of rotatable bonds is 3. The number of nitrogens with two attached hydrogens (primary N) is 1. The summed E-state index contributed by atoms with van der Waals surface area (Å²) in [7, 11) is 4.52. The van der Waals surface area contributed by atoms with Crippen LogP contribution in [-0.4, -0.2) is 37.2 Å². The maximum atomic E-state index is 12.0. The summed E-state index contributed by atoms with van der Waals surface area (Å²) in [5.74, 6) is 0.359. The van der Waals surface area contributed by atoms with Gasteiger partial charge >= 0.3 is 0 Å². The van der Waals surface area contributed by atoms with Gasteiger partial charge < -0.3 is 15.5 Å². The molecule has 96 valence electrons. The summed E-state index contributed by atoms with van der Waals surface area (Å²) >= 11 is 0. The molecule has 6 heteroatoms. The zero-order valence-corrected chi connectivity index (χ0v) is 10.5. The Morgan fingerprint density at radius 2 is 2.11 bits per heavy atom. The van der Waals surface area contributed by atoms with Crippen LogP contribution in [0, 0.1) is 0 Å². The number of benzene rings is 1. The normalized spacial score (nSPS) is 10.6. The molecule has 1 heterocycles. The van der Waals surface area contributed by atoms with Gasteiger partial charge in [0.25, 0.3) is 5.91 Å². The van der Waals surface area contributed by atoms with Crippen LogP contribution in [0.4, 0.5) is 5.69 Å². The lowest BCUT2D eigenvalue weighted by Crippen LogP contribution is -2.26. The number of anilines is 1. The molecule has 0 saturated heterocycles. The molecule has 0 saturated carbocycles. The molecule has 0 aliphatic heterocycles. The van der Waals surface area contributed by atoms with E-state index in [4.69, 9.17) is 15.3 Å². The van der Waals surface area contributed by atoms with Gasteiger partial charge in [0, 0.05) is 18.0 Å². The number of hydrogen-bond acceptors (Lipinski definition) is 4. The van der Waals surface area contributed by atoms with Crippen LogP contribution in [-0.2, 0) is 4.84 Å². The quantitative estimate of drug-likeness (QED) is 0.805. The number of nitrogen functional groups attached to an aromatic ring is 1. The van der Waals surface area contributed by atoms with E-state index in [0.717, 1.165) is 16.0 Å². The average Bonchev–Trinajstić information content (AvgIpc) is 2.73. The SMILES string of the molecule is COc1ccc2[nH]c(C(=O)N(C)OC)c(N)c2c1. The molecule has 0 fully saturated rings. The monoisotopic (exact) mass is 249 g/mol. The van der Waals surface area contributed by atoms with Crippen LogP contribution in [0.1, 0.15) is 10.5 Å². The number of aromatic nitrogens is 1. The Morgan fingerprint density at radius 1 is 1.39 bits per heavy atom. The molecule has 0 spiro atoms. The second kappa shape index (κ2) is 4.58. The van der Waals surface area contributed by atoms with Gasteiger partial charge in [0.1, 0.15) is 11.4 Å². The number of nitrogens with zero attached hydrogens (tertiary/aromatic N) is 1. The molecule has 6 nitrogen and oxygen atoms in total. The number of methoxy groups -OCH3 is 1. The van der Waals surface area contributed by atoms with Gasteiger partial charge in [0.05, 0.1) is 19.9 Å². The molecule has 2 aromatic rings.